The van der Waals surface area contributed by atoms with Gasteiger partial charge >= 0.3 is 0 Å². The van der Waals surface area contributed by atoms with E-state index in [1.165, 1.54) is 0 Å². The molecule has 4 atom stereocenters. The highest BCUT2D eigenvalue weighted by Crippen LogP contribution is 2.52. The maximum atomic E-state index is 14.4. The van der Waals surface area contributed by atoms with E-state index >= 15 is 0 Å². The highest BCUT2D eigenvalue weighted by Gasteiger charge is 2.55. The summed E-state index contributed by atoms with van der Waals surface area (Å²) in [7, 11) is 0. The minimum atomic E-state index is -1.62. The number of anilines is 1. The summed E-state index contributed by atoms with van der Waals surface area (Å²) in [6.07, 6.45) is -0.188. The first-order chi connectivity index (χ1) is 22.2. The van der Waals surface area contributed by atoms with E-state index in [9.17, 15) is 24.3 Å². The summed E-state index contributed by atoms with van der Waals surface area (Å²) in [6.45, 7) is 9.01. The van der Waals surface area contributed by atoms with E-state index in [1.54, 1.807) is 56.3 Å². The van der Waals surface area contributed by atoms with Crippen LogP contribution in [0.3, 0.4) is 0 Å². The first-order valence-corrected chi connectivity index (χ1v) is 15.3. The summed E-state index contributed by atoms with van der Waals surface area (Å²) < 4.78 is 12.3. The number of rotatable bonds is 6. The summed E-state index contributed by atoms with van der Waals surface area (Å²) >= 11 is 0. The maximum absolute atomic E-state index is 14.4. The second-order valence-corrected chi connectivity index (χ2v) is 13.3. The SMILES string of the molecule is CC(C)[C@H](O)C(=O)N[C@H]1Cc2ccc3c(c2)[C@](c2ccccc2)(C(=O)N3)c2oc(nc2-c2nc(C(N)=O)co2)[C@H](C(C)(C)C)NC1=O. The molecule has 47 heavy (non-hydrogen) atoms. The fraction of sp³-hybridized carbons (Fsp3) is 0.353. The molecule has 0 saturated carbocycles. The molecule has 13 heteroatoms. The van der Waals surface area contributed by atoms with E-state index in [1.807, 2.05) is 26.8 Å². The molecule has 2 aliphatic rings. The maximum Gasteiger partial charge on any atom is 0.270 e. The van der Waals surface area contributed by atoms with E-state index < -0.39 is 52.6 Å². The molecule has 6 rings (SSSR count). The standard InChI is InChI=1S/C34H36N6O7/c1-16(2)24(41)29(44)36-21-14-17-11-12-20-19(13-17)34(32(45)38-20,18-9-7-6-8-10-18)26-23(30-37-22(15-46-30)27(35)42)39-31(47-26)25(33(3,4)5)40-28(21)43/h6-13,15-16,21,24-25,41H,14H2,1-5H3,(H2,35,42)(H,36,44)(H,38,45)(H,40,43)/t21-,24-,25+,34-/m0/s1. The zero-order chi connectivity index (χ0) is 33.8. The molecule has 0 saturated heterocycles. The van der Waals surface area contributed by atoms with Crippen molar-refractivity contribution in [2.45, 2.75) is 64.6 Å². The van der Waals surface area contributed by atoms with Crippen LogP contribution in [0.15, 0.2) is 63.6 Å². The first kappa shape index (κ1) is 31.7. The quantitative estimate of drug-likeness (QED) is 0.210. The van der Waals surface area contributed by atoms with E-state index in [4.69, 9.17) is 19.6 Å². The molecule has 0 aliphatic carbocycles. The third-order valence-corrected chi connectivity index (χ3v) is 8.60. The summed E-state index contributed by atoms with van der Waals surface area (Å²) in [6, 6.07) is 12.3. The number of benzene rings is 2. The molecule has 4 aromatic rings. The van der Waals surface area contributed by atoms with Gasteiger partial charge in [-0.15, -0.1) is 0 Å². The summed E-state index contributed by atoms with van der Waals surface area (Å²) in [5, 5.41) is 19.2. The van der Waals surface area contributed by atoms with Crippen molar-refractivity contribution in [2.75, 3.05) is 5.32 Å². The number of aliphatic hydroxyl groups is 1. The highest BCUT2D eigenvalue weighted by molar-refractivity contribution is 6.11. The van der Waals surface area contributed by atoms with Gasteiger partial charge in [0.2, 0.25) is 29.5 Å². The fourth-order valence-corrected chi connectivity index (χ4v) is 6.06. The van der Waals surface area contributed by atoms with Gasteiger partial charge in [0.15, 0.2) is 22.6 Å². The predicted molar refractivity (Wildman–Crippen MR) is 169 cm³/mol. The Balaban J connectivity index is 1.65. The largest absolute Gasteiger partial charge is 0.442 e. The van der Waals surface area contributed by atoms with Crippen LogP contribution in [-0.2, 0) is 26.2 Å². The zero-order valence-corrected chi connectivity index (χ0v) is 26.6. The Morgan fingerprint density at radius 3 is 2.47 bits per heavy atom. The number of carbonyl (C=O) groups excluding carboxylic acids is 4. The first-order valence-electron chi connectivity index (χ1n) is 15.3. The Hall–Kier alpha value is -5.30. The number of primary amides is 1. The van der Waals surface area contributed by atoms with E-state index in [2.05, 4.69) is 20.9 Å². The third kappa shape index (κ3) is 5.35. The number of hydrogen-bond acceptors (Lipinski definition) is 9. The average molecular weight is 641 g/mol. The lowest BCUT2D eigenvalue weighted by atomic mass is 9.72. The molecule has 4 amide bonds. The minimum absolute atomic E-state index is 0.0373. The van der Waals surface area contributed by atoms with Gasteiger partial charge in [-0.1, -0.05) is 77.1 Å². The molecular weight excluding hydrogens is 604 g/mol. The van der Waals surface area contributed by atoms with Gasteiger partial charge in [-0.05, 0) is 28.5 Å². The van der Waals surface area contributed by atoms with Crippen molar-refractivity contribution in [1.82, 2.24) is 20.6 Å². The molecule has 244 valence electrons. The third-order valence-electron chi connectivity index (χ3n) is 8.60. The molecular formula is C34H36N6O7. The van der Waals surface area contributed by atoms with Crippen molar-refractivity contribution in [3.05, 3.63) is 88.8 Å². The second kappa shape index (κ2) is 11.5. The Bertz CT molecular complexity index is 1890. The van der Waals surface area contributed by atoms with Crippen LogP contribution in [0.25, 0.3) is 11.6 Å². The normalized spacial score (nSPS) is 21.3. The Labute approximate surface area is 270 Å². The summed E-state index contributed by atoms with van der Waals surface area (Å²) in [4.78, 5) is 62.5. The van der Waals surface area contributed by atoms with Gasteiger partial charge in [0.1, 0.15) is 24.5 Å². The van der Waals surface area contributed by atoms with Crippen molar-refractivity contribution in [3.8, 4) is 11.6 Å². The zero-order valence-electron chi connectivity index (χ0n) is 26.6. The second-order valence-electron chi connectivity index (χ2n) is 13.3. The lowest BCUT2D eigenvalue weighted by molar-refractivity contribution is -0.136. The van der Waals surface area contributed by atoms with Gasteiger partial charge in [0.25, 0.3) is 5.91 Å². The van der Waals surface area contributed by atoms with Crippen LogP contribution in [0.4, 0.5) is 5.69 Å². The number of nitrogens with one attached hydrogen (secondary N) is 3. The van der Waals surface area contributed by atoms with Crippen LogP contribution in [0, 0.1) is 11.3 Å². The summed E-state index contributed by atoms with van der Waals surface area (Å²) in [5.74, 6) is -2.87. The van der Waals surface area contributed by atoms with E-state index in [-0.39, 0.29) is 41.3 Å². The molecule has 6 N–H and O–H groups in total. The van der Waals surface area contributed by atoms with Gasteiger partial charge in [0, 0.05) is 17.7 Å². The van der Waals surface area contributed by atoms with Crippen molar-refractivity contribution < 1.29 is 33.1 Å². The van der Waals surface area contributed by atoms with Gasteiger partial charge in [-0.25, -0.2) is 9.97 Å². The molecule has 2 aromatic heterocycles. The summed E-state index contributed by atoms with van der Waals surface area (Å²) in [5.41, 5.74) is 5.23. The van der Waals surface area contributed by atoms with Crippen LogP contribution in [-0.4, -0.2) is 50.8 Å². The van der Waals surface area contributed by atoms with E-state index in [0.29, 0.717) is 22.4 Å². The number of nitrogens with two attached hydrogens (primary N) is 1. The van der Waals surface area contributed by atoms with Gasteiger partial charge in [0.05, 0.1) is 0 Å². The highest BCUT2D eigenvalue weighted by atomic mass is 16.4. The molecule has 13 nitrogen and oxygen atoms in total. The van der Waals surface area contributed by atoms with Gasteiger partial charge in [-0.2, -0.15) is 0 Å². The van der Waals surface area contributed by atoms with Crippen LogP contribution < -0.4 is 21.7 Å². The van der Waals surface area contributed by atoms with Crippen LogP contribution >= 0.6 is 0 Å². The molecule has 0 spiro atoms. The van der Waals surface area contributed by atoms with Crippen molar-refractivity contribution in [1.29, 1.82) is 0 Å². The number of aromatic nitrogens is 2. The number of nitrogens with zero attached hydrogens (tertiary/aromatic N) is 2. The molecule has 4 bridgehead atoms. The van der Waals surface area contributed by atoms with Crippen molar-refractivity contribution in [3.63, 3.8) is 0 Å². The average Bonchev–Trinajstić information content (AvgIpc) is 3.74. The Kier molecular flexibility index (Phi) is 7.75. The number of oxazole rings is 2. The molecule has 2 aliphatic heterocycles. The Morgan fingerprint density at radius 2 is 1.83 bits per heavy atom. The van der Waals surface area contributed by atoms with Crippen LogP contribution in [0.2, 0.25) is 0 Å². The molecule has 0 unspecified atom stereocenters. The van der Waals surface area contributed by atoms with Gasteiger partial charge in [-0.3, -0.25) is 19.2 Å². The molecule has 0 fully saturated rings. The Morgan fingerprint density at radius 1 is 1.11 bits per heavy atom. The predicted octanol–water partition coefficient (Wildman–Crippen LogP) is 2.98. The number of aliphatic hydroxyl groups excluding tert-OH is 1. The van der Waals surface area contributed by atoms with Crippen LogP contribution in [0.1, 0.15) is 79.5 Å². The number of hydrogen-bond donors (Lipinski definition) is 5. The monoisotopic (exact) mass is 640 g/mol. The van der Waals surface area contributed by atoms with Gasteiger partial charge < -0.3 is 35.6 Å². The lowest BCUT2D eigenvalue weighted by Gasteiger charge is -2.32. The fourth-order valence-electron chi connectivity index (χ4n) is 6.06. The van der Waals surface area contributed by atoms with Crippen molar-refractivity contribution in [2.24, 2.45) is 17.1 Å². The lowest BCUT2D eigenvalue weighted by Crippen LogP contribution is -2.53. The smallest absolute Gasteiger partial charge is 0.270 e. The number of amides is 4. The molecule has 0 radical (unpaired) electrons. The van der Waals surface area contributed by atoms with E-state index in [0.717, 1.165) is 6.26 Å². The van der Waals surface area contributed by atoms with Crippen molar-refractivity contribution >= 4 is 29.3 Å². The minimum Gasteiger partial charge on any atom is -0.442 e. The van der Waals surface area contributed by atoms with Crippen LogP contribution in [0.5, 0.6) is 0 Å². The molecule has 2 aromatic carbocycles. The number of carbonyl (C=O) groups is 4. The molecule has 4 heterocycles. The topological polar surface area (TPSA) is 203 Å². The number of fused-ring (bicyclic) bond motifs is 4.